The molecule has 0 spiro atoms. The van der Waals surface area contributed by atoms with E-state index < -0.39 is 12.0 Å². The van der Waals surface area contributed by atoms with Crippen LogP contribution >= 0.6 is 0 Å². The molecule has 3 aliphatic heterocycles. The first-order valence-electron chi connectivity index (χ1n) is 12.3. The number of hydrogen-bond donors (Lipinski definition) is 2. The van der Waals surface area contributed by atoms with Crippen molar-refractivity contribution in [2.45, 2.75) is 13.0 Å². The van der Waals surface area contributed by atoms with Crippen LogP contribution in [0.15, 0.2) is 58.2 Å². The number of urea groups is 1. The average Bonchev–Trinajstić information content (AvgIpc) is 3.55. The molecule has 11 nitrogen and oxygen atoms in total. The number of rotatable bonds is 6. The molecule has 192 valence electrons. The Bertz CT molecular complexity index is 1340. The molecular weight excluding hydrogens is 478 g/mol. The van der Waals surface area contributed by atoms with Gasteiger partial charge in [-0.1, -0.05) is 18.2 Å². The molecule has 1 aromatic heterocycles. The topological polar surface area (TPSA) is 118 Å². The molecule has 3 aromatic rings. The molecule has 2 aromatic carbocycles. The van der Waals surface area contributed by atoms with Crippen molar-refractivity contribution in [2.75, 3.05) is 51.0 Å². The Morgan fingerprint density at radius 2 is 1.92 bits per heavy atom. The van der Waals surface area contributed by atoms with E-state index in [4.69, 9.17) is 18.6 Å². The molecule has 1 atom stereocenters. The van der Waals surface area contributed by atoms with Crippen molar-refractivity contribution in [3.63, 3.8) is 0 Å². The minimum Gasteiger partial charge on any atom is -0.463 e. The number of nitrogens with zero attached hydrogens (tertiary/aromatic N) is 3. The van der Waals surface area contributed by atoms with E-state index in [9.17, 15) is 9.59 Å². The van der Waals surface area contributed by atoms with Crippen molar-refractivity contribution >= 4 is 29.1 Å². The van der Waals surface area contributed by atoms with Crippen molar-refractivity contribution in [1.29, 1.82) is 0 Å². The summed E-state index contributed by atoms with van der Waals surface area (Å²) in [5, 5.41) is 5.72. The summed E-state index contributed by atoms with van der Waals surface area (Å²) in [6.45, 7) is 5.32. The van der Waals surface area contributed by atoms with Crippen LogP contribution in [0.4, 0.5) is 10.8 Å². The normalized spacial score (nSPS) is 19.6. The zero-order valence-electron chi connectivity index (χ0n) is 20.4. The largest absolute Gasteiger partial charge is 0.463 e. The van der Waals surface area contributed by atoms with Gasteiger partial charge in [0.15, 0.2) is 17.1 Å². The van der Waals surface area contributed by atoms with E-state index in [-0.39, 0.29) is 19.4 Å². The lowest BCUT2D eigenvalue weighted by Gasteiger charge is -2.36. The number of amides is 2. The summed E-state index contributed by atoms with van der Waals surface area (Å²) in [6, 6.07) is 12.6. The van der Waals surface area contributed by atoms with Crippen LogP contribution in [0.25, 0.3) is 11.1 Å². The molecule has 0 saturated carbocycles. The minimum absolute atomic E-state index is 0.138. The number of benzene rings is 2. The number of carbonyl (C=O) groups excluding carboxylic acids is 2. The summed E-state index contributed by atoms with van der Waals surface area (Å²) in [5.41, 5.74) is 3.20. The summed E-state index contributed by atoms with van der Waals surface area (Å²) in [6.07, 6.45) is 0. The van der Waals surface area contributed by atoms with Gasteiger partial charge in [0.25, 0.3) is 6.01 Å². The molecule has 0 bridgehead atoms. The number of esters is 1. The number of anilines is 1. The molecule has 3 aliphatic rings. The Labute approximate surface area is 213 Å². The Balaban J connectivity index is 1.23. The van der Waals surface area contributed by atoms with Gasteiger partial charge in [0.1, 0.15) is 5.52 Å². The van der Waals surface area contributed by atoms with Crippen molar-refractivity contribution in [3.8, 4) is 11.5 Å². The molecule has 4 heterocycles. The summed E-state index contributed by atoms with van der Waals surface area (Å²) in [4.78, 5) is 34.7. The van der Waals surface area contributed by atoms with Crippen LogP contribution in [0.1, 0.15) is 18.5 Å². The van der Waals surface area contributed by atoms with Crippen LogP contribution in [-0.4, -0.2) is 68.0 Å². The predicted molar refractivity (Wildman–Crippen MR) is 133 cm³/mol. The van der Waals surface area contributed by atoms with Gasteiger partial charge in [-0.15, -0.1) is 0 Å². The van der Waals surface area contributed by atoms with Gasteiger partial charge in [-0.2, -0.15) is 4.98 Å². The van der Waals surface area contributed by atoms with Gasteiger partial charge in [0.05, 0.1) is 18.2 Å². The van der Waals surface area contributed by atoms with Crippen LogP contribution in [0.2, 0.25) is 0 Å². The maximum Gasteiger partial charge on any atom is 0.338 e. The van der Waals surface area contributed by atoms with Gasteiger partial charge < -0.3 is 34.2 Å². The average molecular weight is 506 g/mol. The molecular formula is C26H27N5O6. The van der Waals surface area contributed by atoms with Crippen molar-refractivity contribution in [1.82, 2.24) is 20.5 Å². The monoisotopic (exact) mass is 505 g/mol. The third kappa shape index (κ3) is 4.53. The maximum absolute atomic E-state index is 13.1. The number of ether oxygens (including phenoxy) is 3. The Hall–Kier alpha value is -4.25. The van der Waals surface area contributed by atoms with E-state index in [2.05, 4.69) is 25.4 Å². The van der Waals surface area contributed by atoms with Crippen LogP contribution in [0.3, 0.4) is 0 Å². The first-order chi connectivity index (χ1) is 18.1. The highest BCUT2D eigenvalue weighted by molar-refractivity contribution is 5.95. The van der Waals surface area contributed by atoms with E-state index in [1.165, 1.54) is 0 Å². The van der Waals surface area contributed by atoms with Crippen LogP contribution in [-0.2, 0) is 9.53 Å². The first kappa shape index (κ1) is 23.2. The SMILES string of the molecule is CCOC(=O)C1=C(CN2CCN(c3nc4ccccc4o3)CC2)NC(=O)NC1c1ccc2c(c1)OCO2. The van der Waals surface area contributed by atoms with Gasteiger partial charge in [0.2, 0.25) is 6.79 Å². The summed E-state index contributed by atoms with van der Waals surface area (Å²) in [5.74, 6) is 0.728. The fourth-order valence-electron chi connectivity index (χ4n) is 4.85. The standard InChI is InChI=1S/C26H27N5O6/c1-2-34-24(32)22-18(27-25(33)29-23(22)16-7-8-20-21(13-16)36-15-35-20)14-30-9-11-31(12-10-30)26-28-17-5-3-4-6-19(17)37-26/h3-8,13,23H,2,9-12,14-15H2,1H3,(H2,27,29,33). The lowest BCUT2D eigenvalue weighted by molar-refractivity contribution is -0.139. The molecule has 1 fully saturated rings. The summed E-state index contributed by atoms with van der Waals surface area (Å²) in [7, 11) is 0. The Kier molecular flexibility index (Phi) is 6.05. The molecule has 0 aliphatic carbocycles. The zero-order valence-corrected chi connectivity index (χ0v) is 20.4. The van der Waals surface area contributed by atoms with E-state index in [0.717, 1.165) is 11.1 Å². The second-order valence-corrected chi connectivity index (χ2v) is 8.98. The fourth-order valence-corrected chi connectivity index (χ4v) is 4.85. The number of oxazole rings is 1. The smallest absolute Gasteiger partial charge is 0.338 e. The Morgan fingerprint density at radius 1 is 1.11 bits per heavy atom. The number of fused-ring (bicyclic) bond motifs is 2. The molecule has 37 heavy (non-hydrogen) atoms. The quantitative estimate of drug-likeness (QED) is 0.487. The molecule has 2 amide bonds. The summed E-state index contributed by atoms with van der Waals surface area (Å²) < 4.78 is 22.2. The molecule has 1 unspecified atom stereocenters. The zero-order chi connectivity index (χ0) is 25.4. The van der Waals surface area contributed by atoms with Crippen molar-refractivity contribution in [3.05, 3.63) is 59.3 Å². The van der Waals surface area contributed by atoms with E-state index >= 15 is 0 Å². The molecule has 0 radical (unpaired) electrons. The predicted octanol–water partition coefficient (Wildman–Crippen LogP) is 2.55. The van der Waals surface area contributed by atoms with Crippen LogP contribution in [0.5, 0.6) is 11.5 Å². The highest BCUT2D eigenvalue weighted by Gasteiger charge is 2.35. The number of carbonyl (C=O) groups is 2. The van der Waals surface area contributed by atoms with Crippen LogP contribution in [0, 0.1) is 0 Å². The van der Waals surface area contributed by atoms with Crippen LogP contribution < -0.4 is 25.0 Å². The third-order valence-electron chi connectivity index (χ3n) is 6.69. The van der Waals surface area contributed by atoms with E-state index in [0.29, 0.717) is 67.1 Å². The summed E-state index contributed by atoms with van der Waals surface area (Å²) >= 11 is 0. The van der Waals surface area contributed by atoms with Crippen molar-refractivity contribution < 1.29 is 28.2 Å². The van der Waals surface area contributed by atoms with Gasteiger partial charge in [-0.3, -0.25) is 4.90 Å². The number of aromatic nitrogens is 1. The lowest BCUT2D eigenvalue weighted by atomic mass is 9.94. The fraction of sp³-hybridized carbons (Fsp3) is 0.346. The molecule has 1 saturated heterocycles. The second kappa shape index (κ2) is 9.66. The van der Waals surface area contributed by atoms with E-state index in [1.54, 1.807) is 19.1 Å². The molecule has 11 heteroatoms. The van der Waals surface area contributed by atoms with E-state index in [1.807, 2.05) is 30.3 Å². The number of piperazine rings is 1. The maximum atomic E-state index is 13.1. The number of para-hydroxylation sites is 2. The van der Waals surface area contributed by atoms with Gasteiger partial charge in [-0.05, 0) is 36.8 Å². The lowest BCUT2D eigenvalue weighted by Crippen LogP contribution is -2.51. The third-order valence-corrected chi connectivity index (χ3v) is 6.69. The van der Waals surface area contributed by atoms with Gasteiger partial charge >= 0.3 is 12.0 Å². The first-order valence-corrected chi connectivity index (χ1v) is 12.3. The highest BCUT2D eigenvalue weighted by atomic mass is 16.7. The second-order valence-electron chi connectivity index (χ2n) is 8.98. The van der Waals surface area contributed by atoms with Crippen molar-refractivity contribution in [2.24, 2.45) is 0 Å². The van der Waals surface area contributed by atoms with Gasteiger partial charge in [0, 0.05) is 38.4 Å². The number of nitrogens with one attached hydrogen (secondary N) is 2. The Morgan fingerprint density at radius 3 is 2.73 bits per heavy atom. The molecule has 6 rings (SSSR count). The molecule has 2 N–H and O–H groups in total. The minimum atomic E-state index is -0.682. The van der Waals surface area contributed by atoms with Gasteiger partial charge in [-0.25, -0.2) is 9.59 Å². The number of hydrogen-bond acceptors (Lipinski definition) is 9. The highest BCUT2D eigenvalue weighted by Crippen LogP contribution is 2.37.